The van der Waals surface area contributed by atoms with Crippen molar-refractivity contribution in [1.29, 1.82) is 0 Å². The van der Waals surface area contributed by atoms with Crippen LogP contribution in [0.2, 0.25) is 0 Å². The highest BCUT2D eigenvalue weighted by Gasteiger charge is 2.26. The van der Waals surface area contributed by atoms with Crippen molar-refractivity contribution >= 4 is 5.91 Å². The first-order chi connectivity index (χ1) is 8.02. The molecule has 1 rings (SSSR count). The first-order valence-electron chi connectivity index (χ1n) is 6.26. The number of rotatable bonds is 5. The molecule has 2 atom stereocenters. The molecule has 1 aliphatic heterocycles. The molecular weight excluding hydrogens is 220 g/mol. The highest BCUT2D eigenvalue weighted by atomic mass is 16.5. The summed E-state index contributed by atoms with van der Waals surface area (Å²) >= 11 is 0. The third-order valence-electron chi connectivity index (χ3n) is 2.89. The molecular formula is C12H24N2O3. The van der Waals surface area contributed by atoms with Crippen LogP contribution in [0.4, 0.5) is 0 Å². The average molecular weight is 244 g/mol. The normalized spacial score (nSPS) is 26.2. The molecule has 0 radical (unpaired) electrons. The molecule has 0 aromatic rings. The van der Waals surface area contributed by atoms with Crippen LogP contribution in [0, 0.1) is 5.92 Å². The van der Waals surface area contributed by atoms with Gasteiger partial charge in [0.25, 0.3) is 0 Å². The van der Waals surface area contributed by atoms with E-state index in [1.54, 1.807) is 0 Å². The van der Waals surface area contributed by atoms with Gasteiger partial charge in [0, 0.05) is 19.1 Å². The zero-order chi connectivity index (χ0) is 12.8. The SMILES string of the molecule is CC(C)CNC(=O)CN1CC(CO)OCC1C. The molecule has 1 amide bonds. The fourth-order valence-corrected chi connectivity index (χ4v) is 1.76. The van der Waals surface area contributed by atoms with Gasteiger partial charge >= 0.3 is 0 Å². The summed E-state index contributed by atoms with van der Waals surface area (Å²) in [6.07, 6.45) is -0.163. The minimum atomic E-state index is -0.163. The average Bonchev–Trinajstić information content (AvgIpc) is 2.29. The fraction of sp³-hybridized carbons (Fsp3) is 0.917. The number of carbonyl (C=O) groups excluding carboxylic acids is 1. The Labute approximate surface area is 103 Å². The van der Waals surface area contributed by atoms with Crippen molar-refractivity contribution in [3.8, 4) is 0 Å². The van der Waals surface area contributed by atoms with E-state index in [0.717, 1.165) is 0 Å². The number of carbonyl (C=O) groups is 1. The maximum absolute atomic E-state index is 11.7. The second-order valence-corrected chi connectivity index (χ2v) is 5.11. The lowest BCUT2D eigenvalue weighted by Gasteiger charge is -2.36. The van der Waals surface area contributed by atoms with Crippen molar-refractivity contribution in [2.45, 2.75) is 32.9 Å². The van der Waals surface area contributed by atoms with E-state index in [9.17, 15) is 4.79 Å². The lowest BCUT2D eigenvalue weighted by Crippen LogP contribution is -2.52. The van der Waals surface area contributed by atoms with Gasteiger partial charge in [0.2, 0.25) is 5.91 Å². The molecule has 0 aromatic heterocycles. The van der Waals surface area contributed by atoms with Gasteiger partial charge in [-0.3, -0.25) is 9.69 Å². The van der Waals surface area contributed by atoms with E-state index in [1.165, 1.54) is 0 Å². The molecule has 2 N–H and O–H groups in total. The van der Waals surface area contributed by atoms with Crippen molar-refractivity contribution in [2.75, 3.05) is 32.8 Å². The lowest BCUT2D eigenvalue weighted by atomic mass is 10.2. The van der Waals surface area contributed by atoms with Crippen LogP contribution in [0.1, 0.15) is 20.8 Å². The molecule has 1 heterocycles. The van der Waals surface area contributed by atoms with E-state index in [-0.39, 0.29) is 24.7 Å². The Bertz CT molecular complexity index is 246. The van der Waals surface area contributed by atoms with Gasteiger partial charge in [-0.2, -0.15) is 0 Å². The van der Waals surface area contributed by atoms with Crippen molar-refractivity contribution in [1.82, 2.24) is 10.2 Å². The van der Waals surface area contributed by atoms with Crippen LogP contribution in [-0.2, 0) is 9.53 Å². The molecule has 100 valence electrons. The van der Waals surface area contributed by atoms with Crippen molar-refractivity contribution in [3.63, 3.8) is 0 Å². The second kappa shape index (κ2) is 6.93. The van der Waals surface area contributed by atoms with Gasteiger partial charge in [0.1, 0.15) is 0 Å². The van der Waals surface area contributed by atoms with Crippen LogP contribution in [-0.4, -0.2) is 60.9 Å². The van der Waals surface area contributed by atoms with Crippen LogP contribution >= 0.6 is 0 Å². The van der Waals surface area contributed by atoms with Crippen LogP contribution in [0.15, 0.2) is 0 Å². The summed E-state index contributed by atoms with van der Waals surface area (Å²) in [6, 6.07) is 0.225. The Morgan fingerprint density at radius 3 is 2.88 bits per heavy atom. The molecule has 1 saturated heterocycles. The van der Waals surface area contributed by atoms with Gasteiger partial charge in [-0.1, -0.05) is 13.8 Å². The highest BCUT2D eigenvalue weighted by Crippen LogP contribution is 2.10. The molecule has 5 nitrogen and oxygen atoms in total. The molecule has 1 fully saturated rings. The summed E-state index contributed by atoms with van der Waals surface area (Å²) in [7, 11) is 0. The fourth-order valence-electron chi connectivity index (χ4n) is 1.76. The van der Waals surface area contributed by atoms with Gasteiger partial charge in [-0.05, 0) is 12.8 Å². The quantitative estimate of drug-likeness (QED) is 0.705. The van der Waals surface area contributed by atoms with Gasteiger partial charge in [0.05, 0.1) is 25.9 Å². The number of hydrogen-bond acceptors (Lipinski definition) is 4. The second-order valence-electron chi connectivity index (χ2n) is 5.11. The number of amides is 1. The molecule has 0 aromatic carbocycles. The lowest BCUT2D eigenvalue weighted by molar-refractivity contribution is -0.127. The van der Waals surface area contributed by atoms with Crippen LogP contribution in [0.3, 0.4) is 0 Å². The molecule has 5 heteroatoms. The predicted octanol–water partition coefficient (Wildman–Crippen LogP) is -0.160. The van der Waals surface area contributed by atoms with E-state index in [2.05, 4.69) is 24.1 Å². The summed E-state index contributed by atoms with van der Waals surface area (Å²) < 4.78 is 5.43. The minimum Gasteiger partial charge on any atom is -0.394 e. The number of morpholine rings is 1. The van der Waals surface area contributed by atoms with Crippen molar-refractivity contribution in [2.24, 2.45) is 5.92 Å². The monoisotopic (exact) mass is 244 g/mol. The van der Waals surface area contributed by atoms with Crippen LogP contribution in [0.5, 0.6) is 0 Å². The topological polar surface area (TPSA) is 61.8 Å². The maximum atomic E-state index is 11.7. The summed E-state index contributed by atoms with van der Waals surface area (Å²) in [5, 5.41) is 12.0. The number of nitrogens with one attached hydrogen (secondary N) is 1. The Morgan fingerprint density at radius 1 is 1.59 bits per heavy atom. The summed E-state index contributed by atoms with van der Waals surface area (Å²) in [6.45, 7) is 8.46. The van der Waals surface area contributed by atoms with Gasteiger partial charge in [-0.15, -0.1) is 0 Å². The minimum absolute atomic E-state index is 0.0107. The maximum Gasteiger partial charge on any atom is 0.234 e. The summed E-state index contributed by atoms with van der Waals surface area (Å²) in [5.74, 6) is 0.510. The predicted molar refractivity (Wildman–Crippen MR) is 65.7 cm³/mol. The van der Waals surface area contributed by atoms with E-state index in [0.29, 0.717) is 32.2 Å². The Hall–Kier alpha value is -0.650. The number of ether oxygens (including phenoxy) is 1. The van der Waals surface area contributed by atoms with Gasteiger partial charge in [0.15, 0.2) is 0 Å². The van der Waals surface area contributed by atoms with Gasteiger partial charge < -0.3 is 15.2 Å². The molecule has 2 unspecified atom stereocenters. The van der Waals surface area contributed by atoms with E-state index in [1.807, 2.05) is 6.92 Å². The van der Waals surface area contributed by atoms with Crippen molar-refractivity contribution in [3.05, 3.63) is 0 Å². The number of nitrogens with zero attached hydrogens (tertiary/aromatic N) is 1. The molecule has 0 spiro atoms. The van der Waals surface area contributed by atoms with E-state index in [4.69, 9.17) is 9.84 Å². The molecule has 0 saturated carbocycles. The van der Waals surface area contributed by atoms with E-state index < -0.39 is 0 Å². The van der Waals surface area contributed by atoms with Crippen LogP contribution < -0.4 is 5.32 Å². The number of aliphatic hydroxyl groups excluding tert-OH is 1. The Kier molecular flexibility index (Phi) is 5.88. The van der Waals surface area contributed by atoms with Crippen LogP contribution in [0.25, 0.3) is 0 Å². The molecule has 0 aliphatic carbocycles. The largest absolute Gasteiger partial charge is 0.394 e. The molecule has 0 bridgehead atoms. The zero-order valence-electron chi connectivity index (χ0n) is 11.0. The smallest absolute Gasteiger partial charge is 0.234 e. The first kappa shape index (κ1) is 14.4. The van der Waals surface area contributed by atoms with Gasteiger partial charge in [-0.25, -0.2) is 0 Å². The Balaban J connectivity index is 2.35. The number of aliphatic hydroxyl groups is 1. The third-order valence-corrected chi connectivity index (χ3v) is 2.89. The molecule has 1 aliphatic rings. The Morgan fingerprint density at radius 2 is 2.29 bits per heavy atom. The zero-order valence-corrected chi connectivity index (χ0v) is 11.0. The standard InChI is InChI=1S/C12H24N2O3/c1-9(2)4-13-12(16)6-14-5-11(7-15)17-8-10(14)3/h9-11,15H,4-8H2,1-3H3,(H,13,16). The number of hydrogen-bond donors (Lipinski definition) is 2. The highest BCUT2D eigenvalue weighted by molar-refractivity contribution is 5.78. The van der Waals surface area contributed by atoms with Crippen molar-refractivity contribution < 1.29 is 14.6 Å². The summed E-state index contributed by atoms with van der Waals surface area (Å²) in [5.41, 5.74) is 0. The first-order valence-corrected chi connectivity index (χ1v) is 6.26. The summed E-state index contributed by atoms with van der Waals surface area (Å²) in [4.78, 5) is 13.8. The third kappa shape index (κ3) is 5.02. The molecule has 17 heavy (non-hydrogen) atoms. The van der Waals surface area contributed by atoms with E-state index >= 15 is 0 Å².